The van der Waals surface area contributed by atoms with Crippen LogP contribution in [0.5, 0.6) is 5.75 Å². The number of esters is 1. The number of ketones is 1. The average Bonchev–Trinajstić information content (AvgIpc) is 3.07. The molecule has 0 saturated carbocycles. The van der Waals surface area contributed by atoms with Gasteiger partial charge in [0.05, 0.1) is 30.9 Å². The van der Waals surface area contributed by atoms with Gasteiger partial charge in [-0.25, -0.2) is 4.79 Å². The largest absolute Gasteiger partial charge is 0.507 e. The molecule has 1 fully saturated rings. The molecule has 1 aliphatic rings. The van der Waals surface area contributed by atoms with Crippen molar-refractivity contribution in [1.82, 2.24) is 9.80 Å². The van der Waals surface area contributed by atoms with Crippen LogP contribution in [0, 0.1) is 0 Å². The van der Waals surface area contributed by atoms with E-state index in [1.807, 2.05) is 25.9 Å². The van der Waals surface area contributed by atoms with E-state index in [4.69, 9.17) is 9.47 Å². The number of hydrogen-bond donors (Lipinski definition) is 1. The molecule has 8 nitrogen and oxygen atoms in total. The minimum Gasteiger partial charge on any atom is -0.507 e. The maximum absolute atomic E-state index is 13.1. The number of aliphatic hydroxyl groups excluding tert-OH is 1. The van der Waals surface area contributed by atoms with Crippen molar-refractivity contribution in [2.24, 2.45) is 0 Å². The number of amides is 1. The molecule has 2 aromatic rings. The van der Waals surface area contributed by atoms with Crippen molar-refractivity contribution < 1.29 is 29.0 Å². The van der Waals surface area contributed by atoms with E-state index in [2.05, 4.69) is 0 Å². The van der Waals surface area contributed by atoms with Crippen molar-refractivity contribution in [2.75, 3.05) is 40.9 Å². The van der Waals surface area contributed by atoms with E-state index >= 15 is 0 Å². The van der Waals surface area contributed by atoms with Crippen molar-refractivity contribution in [3.05, 3.63) is 70.8 Å². The van der Waals surface area contributed by atoms with Crippen molar-refractivity contribution in [3.8, 4) is 5.75 Å². The second-order valence-corrected chi connectivity index (χ2v) is 7.87. The number of carbonyl (C=O) groups is 3. The summed E-state index contributed by atoms with van der Waals surface area (Å²) in [5, 5.41) is 11.1. The molecular weight excluding hydrogens is 424 g/mol. The Bertz CT molecular complexity index is 1070. The second-order valence-electron chi connectivity index (χ2n) is 7.87. The molecule has 174 valence electrons. The first-order valence-corrected chi connectivity index (χ1v) is 10.6. The maximum atomic E-state index is 13.1. The predicted octanol–water partition coefficient (Wildman–Crippen LogP) is 2.86. The summed E-state index contributed by atoms with van der Waals surface area (Å²) in [7, 11) is 5.04. The molecule has 1 amide bonds. The molecule has 1 aliphatic heterocycles. The third kappa shape index (κ3) is 5.06. The van der Waals surface area contributed by atoms with E-state index in [1.165, 1.54) is 12.0 Å². The van der Waals surface area contributed by atoms with Gasteiger partial charge in [0.25, 0.3) is 11.7 Å². The Kier molecular flexibility index (Phi) is 7.50. The zero-order chi connectivity index (χ0) is 24.1. The number of Topliss-reactive ketones (excluding diaryl/α,β-unsaturated/α-hetero) is 1. The maximum Gasteiger partial charge on any atom is 0.337 e. The standard InChI is InChI=1S/C25H28N2O6/c1-5-33-19-8-6-7-18(15-19)22(28)20-21(16-9-11-17(12-10-16)25(31)32-4)27(14-13-26(2)3)24(30)23(20)29/h6-12,15,21,28H,5,13-14H2,1-4H3/b22-20+. The summed E-state index contributed by atoms with van der Waals surface area (Å²) in [5.74, 6) is -1.65. The number of nitrogens with zero attached hydrogens (tertiary/aromatic N) is 2. The molecule has 0 spiro atoms. The Hall–Kier alpha value is -3.65. The van der Waals surface area contributed by atoms with Crippen LogP contribution in [0.15, 0.2) is 54.1 Å². The number of likely N-dealkylation sites (N-methyl/N-ethyl adjacent to an activating group) is 1. The summed E-state index contributed by atoms with van der Waals surface area (Å²) in [6, 6.07) is 12.4. The van der Waals surface area contributed by atoms with Crippen LogP contribution in [0.25, 0.3) is 5.76 Å². The Morgan fingerprint density at radius 2 is 1.79 bits per heavy atom. The van der Waals surface area contributed by atoms with E-state index in [-0.39, 0.29) is 17.9 Å². The van der Waals surface area contributed by atoms with Gasteiger partial charge in [-0.1, -0.05) is 24.3 Å². The van der Waals surface area contributed by atoms with Gasteiger partial charge in [-0.3, -0.25) is 9.59 Å². The van der Waals surface area contributed by atoms with Crippen LogP contribution in [-0.2, 0) is 14.3 Å². The molecule has 8 heteroatoms. The van der Waals surface area contributed by atoms with Gasteiger partial charge in [-0.15, -0.1) is 0 Å². The van der Waals surface area contributed by atoms with Crippen LogP contribution in [0.3, 0.4) is 0 Å². The van der Waals surface area contributed by atoms with Crippen molar-refractivity contribution in [2.45, 2.75) is 13.0 Å². The van der Waals surface area contributed by atoms with Gasteiger partial charge >= 0.3 is 5.97 Å². The smallest absolute Gasteiger partial charge is 0.337 e. The number of rotatable bonds is 8. The topological polar surface area (TPSA) is 96.4 Å². The van der Waals surface area contributed by atoms with Gasteiger partial charge in [0.2, 0.25) is 0 Å². The minimum absolute atomic E-state index is 0.00165. The number of methoxy groups -OCH3 is 1. The van der Waals surface area contributed by atoms with Crippen LogP contribution in [-0.4, -0.2) is 73.5 Å². The van der Waals surface area contributed by atoms with Gasteiger partial charge < -0.3 is 24.4 Å². The summed E-state index contributed by atoms with van der Waals surface area (Å²) in [6.45, 7) is 3.12. The minimum atomic E-state index is -0.799. The first-order valence-electron chi connectivity index (χ1n) is 10.6. The third-order valence-electron chi connectivity index (χ3n) is 5.39. The highest BCUT2D eigenvalue weighted by Crippen LogP contribution is 2.39. The number of benzene rings is 2. The summed E-state index contributed by atoms with van der Waals surface area (Å²) in [6.07, 6.45) is 0. The third-order valence-corrected chi connectivity index (χ3v) is 5.39. The lowest BCUT2D eigenvalue weighted by Gasteiger charge is -2.26. The van der Waals surface area contributed by atoms with Gasteiger partial charge in [-0.2, -0.15) is 0 Å². The molecule has 33 heavy (non-hydrogen) atoms. The first kappa shape index (κ1) is 24.0. The van der Waals surface area contributed by atoms with Crippen LogP contribution in [0.1, 0.15) is 34.5 Å². The normalized spacial score (nSPS) is 17.5. The number of hydrogen-bond acceptors (Lipinski definition) is 7. The number of ether oxygens (including phenoxy) is 2. The summed E-state index contributed by atoms with van der Waals surface area (Å²) in [5.41, 5.74) is 1.32. The van der Waals surface area contributed by atoms with Crippen molar-refractivity contribution >= 4 is 23.4 Å². The highest BCUT2D eigenvalue weighted by Gasteiger charge is 2.45. The van der Waals surface area contributed by atoms with E-state index < -0.39 is 23.7 Å². The Balaban J connectivity index is 2.12. The highest BCUT2D eigenvalue weighted by atomic mass is 16.5. The SMILES string of the molecule is CCOc1cccc(/C(O)=C2\C(=O)C(=O)N(CCN(C)C)C2c2ccc(C(=O)OC)cc2)c1. The Morgan fingerprint density at radius 3 is 2.39 bits per heavy atom. The lowest BCUT2D eigenvalue weighted by atomic mass is 9.94. The van der Waals surface area contributed by atoms with E-state index in [9.17, 15) is 19.5 Å². The Morgan fingerprint density at radius 1 is 1.09 bits per heavy atom. The van der Waals surface area contributed by atoms with Gasteiger partial charge in [0.1, 0.15) is 11.5 Å². The lowest BCUT2D eigenvalue weighted by molar-refractivity contribution is -0.140. The van der Waals surface area contributed by atoms with Gasteiger partial charge in [0, 0.05) is 18.7 Å². The monoisotopic (exact) mass is 452 g/mol. The fourth-order valence-corrected chi connectivity index (χ4v) is 3.74. The number of aliphatic hydroxyl groups is 1. The molecule has 0 aliphatic carbocycles. The number of carbonyl (C=O) groups excluding carboxylic acids is 3. The van der Waals surface area contributed by atoms with Crippen LogP contribution >= 0.6 is 0 Å². The van der Waals surface area contributed by atoms with Gasteiger partial charge in [0.15, 0.2) is 0 Å². The van der Waals surface area contributed by atoms with E-state index in [1.54, 1.807) is 48.5 Å². The fourth-order valence-electron chi connectivity index (χ4n) is 3.74. The Labute approximate surface area is 193 Å². The van der Waals surface area contributed by atoms with Crippen molar-refractivity contribution in [1.29, 1.82) is 0 Å². The lowest BCUT2D eigenvalue weighted by Crippen LogP contribution is -2.35. The quantitative estimate of drug-likeness (QED) is 0.285. The molecule has 1 N–H and O–H groups in total. The summed E-state index contributed by atoms with van der Waals surface area (Å²) in [4.78, 5) is 41.2. The molecule has 1 heterocycles. The molecule has 2 aromatic carbocycles. The first-order chi connectivity index (χ1) is 15.8. The predicted molar refractivity (Wildman–Crippen MR) is 123 cm³/mol. The molecule has 1 saturated heterocycles. The summed E-state index contributed by atoms with van der Waals surface area (Å²) >= 11 is 0. The van der Waals surface area contributed by atoms with Crippen molar-refractivity contribution in [3.63, 3.8) is 0 Å². The number of likely N-dealkylation sites (tertiary alicyclic amines) is 1. The molecule has 1 atom stereocenters. The molecule has 3 rings (SSSR count). The molecule has 0 radical (unpaired) electrons. The van der Waals surface area contributed by atoms with Crippen LogP contribution in [0.4, 0.5) is 0 Å². The zero-order valence-corrected chi connectivity index (χ0v) is 19.2. The average molecular weight is 453 g/mol. The molecular formula is C25H28N2O6. The molecule has 1 unspecified atom stereocenters. The summed E-state index contributed by atoms with van der Waals surface area (Å²) < 4.78 is 10.3. The van der Waals surface area contributed by atoms with Crippen LogP contribution < -0.4 is 4.74 Å². The fraction of sp³-hybridized carbons (Fsp3) is 0.320. The zero-order valence-electron chi connectivity index (χ0n) is 19.2. The highest BCUT2D eigenvalue weighted by molar-refractivity contribution is 6.46. The van der Waals surface area contributed by atoms with E-state index in [0.29, 0.717) is 35.6 Å². The van der Waals surface area contributed by atoms with Crippen LogP contribution in [0.2, 0.25) is 0 Å². The van der Waals surface area contributed by atoms with Gasteiger partial charge in [-0.05, 0) is 50.8 Å². The second kappa shape index (κ2) is 10.3. The molecule has 0 bridgehead atoms. The molecule has 0 aromatic heterocycles. The van der Waals surface area contributed by atoms with E-state index in [0.717, 1.165) is 0 Å².